The van der Waals surface area contributed by atoms with Gasteiger partial charge in [-0.25, -0.2) is 4.98 Å². The minimum atomic E-state index is -0.177. The van der Waals surface area contributed by atoms with Crippen molar-refractivity contribution in [2.75, 3.05) is 20.3 Å². The summed E-state index contributed by atoms with van der Waals surface area (Å²) >= 11 is 1.59. The molecule has 1 N–H and O–H groups in total. The fraction of sp³-hybridized carbons (Fsp3) is 0.238. The lowest BCUT2D eigenvalue weighted by Crippen LogP contribution is -2.28. The number of methoxy groups -OCH3 is 1. The first-order valence-corrected chi connectivity index (χ1v) is 9.71. The molecule has 7 heteroatoms. The Balaban J connectivity index is 1.46. The second-order valence-corrected chi connectivity index (χ2v) is 7.02. The largest absolute Gasteiger partial charge is 0.497 e. The SMILES string of the molecule is COc1cccc(OCCNC(=O)c2cccc(OCc3csc(C)n3)c2)c1. The van der Waals surface area contributed by atoms with Crippen LogP contribution in [0.25, 0.3) is 0 Å². The molecule has 2 aromatic carbocycles. The van der Waals surface area contributed by atoms with E-state index in [-0.39, 0.29) is 5.91 Å². The van der Waals surface area contributed by atoms with Crippen LogP contribution in [0.3, 0.4) is 0 Å². The van der Waals surface area contributed by atoms with Crippen molar-refractivity contribution in [1.82, 2.24) is 10.3 Å². The number of carbonyl (C=O) groups excluding carboxylic acids is 1. The van der Waals surface area contributed by atoms with Crippen molar-refractivity contribution in [3.63, 3.8) is 0 Å². The number of aryl methyl sites for hydroxylation is 1. The van der Waals surface area contributed by atoms with Gasteiger partial charge in [0.05, 0.1) is 24.4 Å². The van der Waals surface area contributed by atoms with E-state index in [1.165, 1.54) is 0 Å². The van der Waals surface area contributed by atoms with Gasteiger partial charge in [0.25, 0.3) is 5.91 Å². The number of nitrogens with zero attached hydrogens (tertiary/aromatic N) is 1. The van der Waals surface area contributed by atoms with Gasteiger partial charge in [0, 0.05) is 17.0 Å². The van der Waals surface area contributed by atoms with E-state index in [1.54, 1.807) is 42.7 Å². The van der Waals surface area contributed by atoms with E-state index in [1.807, 2.05) is 36.6 Å². The van der Waals surface area contributed by atoms with Crippen LogP contribution in [0.15, 0.2) is 53.9 Å². The first kappa shape index (κ1) is 19.7. The average molecular weight is 398 g/mol. The number of amides is 1. The third-order valence-corrected chi connectivity index (χ3v) is 4.67. The van der Waals surface area contributed by atoms with Crippen molar-refractivity contribution in [2.45, 2.75) is 13.5 Å². The maximum absolute atomic E-state index is 12.3. The first-order valence-electron chi connectivity index (χ1n) is 8.83. The van der Waals surface area contributed by atoms with Crippen molar-refractivity contribution in [3.8, 4) is 17.2 Å². The molecule has 28 heavy (non-hydrogen) atoms. The van der Waals surface area contributed by atoms with E-state index < -0.39 is 0 Å². The van der Waals surface area contributed by atoms with Gasteiger partial charge in [-0.05, 0) is 37.3 Å². The molecule has 0 spiro atoms. The van der Waals surface area contributed by atoms with E-state index in [0.717, 1.165) is 16.5 Å². The maximum Gasteiger partial charge on any atom is 0.251 e. The summed E-state index contributed by atoms with van der Waals surface area (Å²) in [6.07, 6.45) is 0. The van der Waals surface area contributed by atoms with Crippen molar-refractivity contribution in [2.24, 2.45) is 0 Å². The Labute approximate surface area is 168 Å². The zero-order valence-electron chi connectivity index (χ0n) is 15.8. The summed E-state index contributed by atoms with van der Waals surface area (Å²) in [4.78, 5) is 16.7. The minimum absolute atomic E-state index is 0.177. The summed E-state index contributed by atoms with van der Waals surface area (Å²) < 4.78 is 16.5. The van der Waals surface area contributed by atoms with Crippen LogP contribution in [-0.4, -0.2) is 31.2 Å². The van der Waals surface area contributed by atoms with E-state index in [0.29, 0.717) is 36.8 Å². The quantitative estimate of drug-likeness (QED) is 0.555. The molecule has 0 bridgehead atoms. The van der Waals surface area contributed by atoms with Crippen molar-refractivity contribution < 1.29 is 19.0 Å². The zero-order chi connectivity index (χ0) is 19.8. The van der Waals surface area contributed by atoms with E-state index in [4.69, 9.17) is 14.2 Å². The van der Waals surface area contributed by atoms with E-state index in [2.05, 4.69) is 10.3 Å². The zero-order valence-corrected chi connectivity index (χ0v) is 16.6. The van der Waals surface area contributed by atoms with E-state index in [9.17, 15) is 4.79 Å². The van der Waals surface area contributed by atoms with Crippen LogP contribution in [0.1, 0.15) is 21.1 Å². The number of nitrogens with one attached hydrogen (secondary N) is 1. The number of thiazole rings is 1. The minimum Gasteiger partial charge on any atom is -0.497 e. The molecule has 0 saturated heterocycles. The molecule has 1 aromatic heterocycles. The summed E-state index contributed by atoms with van der Waals surface area (Å²) in [5, 5.41) is 5.81. The molecular formula is C21H22N2O4S. The molecule has 0 unspecified atom stereocenters. The van der Waals surface area contributed by atoms with Gasteiger partial charge in [-0.1, -0.05) is 12.1 Å². The summed E-state index contributed by atoms with van der Waals surface area (Å²) in [5.41, 5.74) is 1.42. The maximum atomic E-state index is 12.3. The van der Waals surface area contributed by atoms with Gasteiger partial charge in [0.15, 0.2) is 0 Å². The third kappa shape index (κ3) is 5.72. The van der Waals surface area contributed by atoms with Gasteiger partial charge in [0.1, 0.15) is 30.5 Å². The number of rotatable bonds is 9. The van der Waals surface area contributed by atoms with Gasteiger partial charge in [0.2, 0.25) is 0 Å². The lowest BCUT2D eigenvalue weighted by atomic mass is 10.2. The van der Waals surface area contributed by atoms with Crippen LogP contribution in [0.4, 0.5) is 0 Å². The number of ether oxygens (including phenoxy) is 3. The van der Waals surface area contributed by atoms with Crippen LogP contribution in [0, 0.1) is 6.92 Å². The van der Waals surface area contributed by atoms with Crippen LogP contribution in [-0.2, 0) is 6.61 Å². The highest BCUT2D eigenvalue weighted by Gasteiger charge is 2.07. The predicted molar refractivity (Wildman–Crippen MR) is 108 cm³/mol. The molecule has 1 amide bonds. The van der Waals surface area contributed by atoms with Gasteiger partial charge < -0.3 is 19.5 Å². The topological polar surface area (TPSA) is 69.7 Å². The van der Waals surface area contributed by atoms with Gasteiger partial charge in [-0.2, -0.15) is 0 Å². The Bertz CT molecular complexity index is 926. The standard InChI is InChI=1S/C21H22N2O4S/c1-15-23-17(14-28-15)13-27-19-7-3-5-16(11-19)21(24)22-9-10-26-20-8-4-6-18(12-20)25-2/h3-8,11-12,14H,9-10,13H2,1-2H3,(H,22,24). The molecule has 0 aliphatic rings. The predicted octanol–water partition coefficient (Wildman–Crippen LogP) is 3.85. The molecule has 0 aliphatic carbocycles. The third-order valence-electron chi connectivity index (χ3n) is 3.85. The lowest BCUT2D eigenvalue weighted by Gasteiger charge is -2.10. The number of benzene rings is 2. The summed E-state index contributed by atoms with van der Waals surface area (Å²) in [5.74, 6) is 1.88. The fourth-order valence-corrected chi connectivity index (χ4v) is 3.08. The van der Waals surface area contributed by atoms with Crippen molar-refractivity contribution in [1.29, 1.82) is 0 Å². The van der Waals surface area contributed by atoms with E-state index >= 15 is 0 Å². The number of carbonyl (C=O) groups is 1. The van der Waals surface area contributed by atoms with Crippen molar-refractivity contribution in [3.05, 3.63) is 70.2 Å². The normalized spacial score (nSPS) is 10.4. The Morgan fingerprint density at radius 1 is 1.07 bits per heavy atom. The fourth-order valence-electron chi connectivity index (χ4n) is 2.49. The highest BCUT2D eigenvalue weighted by molar-refractivity contribution is 7.09. The monoisotopic (exact) mass is 398 g/mol. The summed E-state index contributed by atoms with van der Waals surface area (Å²) in [7, 11) is 1.61. The molecule has 0 fully saturated rings. The first-order chi connectivity index (χ1) is 13.6. The molecule has 146 valence electrons. The molecule has 1 heterocycles. The Hall–Kier alpha value is -3.06. The summed E-state index contributed by atoms with van der Waals surface area (Å²) in [6, 6.07) is 14.4. The smallest absolute Gasteiger partial charge is 0.251 e. The highest BCUT2D eigenvalue weighted by atomic mass is 32.1. The number of hydrogen-bond donors (Lipinski definition) is 1. The second-order valence-electron chi connectivity index (χ2n) is 5.96. The Morgan fingerprint density at radius 2 is 1.82 bits per heavy atom. The molecule has 3 aromatic rings. The molecule has 3 rings (SSSR count). The molecular weight excluding hydrogens is 376 g/mol. The second kappa shape index (κ2) is 9.75. The number of hydrogen-bond acceptors (Lipinski definition) is 6. The molecule has 0 saturated carbocycles. The summed E-state index contributed by atoms with van der Waals surface area (Å²) in [6.45, 7) is 3.08. The van der Waals surface area contributed by atoms with Gasteiger partial charge in [-0.3, -0.25) is 4.79 Å². The highest BCUT2D eigenvalue weighted by Crippen LogP contribution is 2.19. The Kier molecular flexibility index (Phi) is 6.86. The van der Waals surface area contributed by atoms with Crippen LogP contribution in [0.5, 0.6) is 17.2 Å². The number of aromatic nitrogens is 1. The van der Waals surface area contributed by atoms with Crippen LogP contribution >= 0.6 is 11.3 Å². The van der Waals surface area contributed by atoms with Crippen LogP contribution in [0.2, 0.25) is 0 Å². The Morgan fingerprint density at radius 3 is 2.57 bits per heavy atom. The van der Waals surface area contributed by atoms with Gasteiger partial charge >= 0.3 is 0 Å². The average Bonchev–Trinajstić information content (AvgIpc) is 3.15. The van der Waals surface area contributed by atoms with Crippen LogP contribution < -0.4 is 19.5 Å². The molecule has 6 nitrogen and oxygen atoms in total. The van der Waals surface area contributed by atoms with Crippen molar-refractivity contribution >= 4 is 17.2 Å². The molecule has 0 radical (unpaired) electrons. The molecule has 0 aliphatic heterocycles. The van der Waals surface area contributed by atoms with Gasteiger partial charge in [-0.15, -0.1) is 11.3 Å². The molecule has 0 atom stereocenters. The lowest BCUT2D eigenvalue weighted by molar-refractivity contribution is 0.0946.